The van der Waals surface area contributed by atoms with Crippen LogP contribution in [0.5, 0.6) is 0 Å². The quantitative estimate of drug-likeness (QED) is 0.775. The molecule has 1 aliphatic carbocycles. The van der Waals surface area contributed by atoms with Crippen molar-refractivity contribution in [2.24, 2.45) is 0 Å². The molecule has 1 heterocycles. The van der Waals surface area contributed by atoms with Crippen LogP contribution >= 0.6 is 0 Å². The molecule has 0 radical (unpaired) electrons. The van der Waals surface area contributed by atoms with Crippen LogP contribution in [0.4, 0.5) is 17.6 Å². The van der Waals surface area contributed by atoms with Gasteiger partial charge in [0.15, 0.2) is 0 Å². The van der Waals surface area contributed by atoms with Gasteiger partial charge in [-0.3, -0.25) is 0 Å². The van der Waals surface area contributed by atoms with Crippen molar-refractivity contribution < 1.29 is 22.3 Å². The molecule has 106 valence electrons. The van der Waals surface area contributed by atoms with Crippen molar-refractivity contribution in [2.75, 3.05) is 13.1 Å². The number of hydrogen-bond acceptors (Lipinski definition) is 2. The molecule has 1 spiro atoms. The molecule has 0 aromatic carbocycles. The van der Waals surface area contributed by atoms with Gasteiger partial charge in [-0.1, -0.05) is 12.8 Å². The van der Waals surface area contributed by atoms with Crippen LogP contribution in [0.2, 0.25) is 0 Å². The average molecular weight is 269 g/mol. The van der Waals surface area contributed by atoms with E-state index in [9.17, 15) is 17.6 Å². The van der Waals surface area contributed by atoms with E-state index < -0.39 is 18.9 Å². The molecule has 2 aliphatic rings. The van der Waals surface area contributed by atoms with E-state index in [1.165, 1.54) is 0 Å². The molecular formula is C12H19F4NO. The first kappa shape index (κ1) is 14.1. The maximum Gasteiger partial charge on any atom is 0.319 e. The molecule has 0 aromatic heterocycles. The average Bonchev–Trinajstić information content (AvgIpc) is 2.90. The highest BCUT2D eigenvalue weighted by molar-refractivity contribution is 4.93. The minimum absolute atomic E-state index is 0.0441. The largest absolute Gasteiger partial charge is 0.370 e. The number of ether oxygens (including phenoxy) is 1. The summed E-state index contributed by atoms with van der Waals surface area (Å²) in [5, 5.41) is 2.40. The Labute approximate surface area is 104 Å². The highest BCUT2D eigenvalue weighted by atomic mass is 19.3. The Balaban J connectivity index is 1.69. The summed E-state index contributed by atoms with van der Waals surface area (Å²) in [6, 6.07) is 0. The van der Waals surface area contributed by atoms with E-state index in [2.05, 4.69) is 5.32 Å². The van der Waals surface area contributed by atoms with E-state index in [-0.39, 0.29) is 18.2 Å². The summed E-state index contributed by atoms with van der Waals surface area (Å²) in [4.78, 5) is 0. The van der Waals surface area contributed by atoms with Gasteiger partial charge < -0.3 is 10.1 Å². The second kappa shape index (κ2) is 5.33. The topological polar surface area (TPSA) is 21.3 Å². The first-order valence-corrected chi connectivity index (χ1v) is 6.48. The van der Waals surface area contributed by atoms with Gasteiger partial charge in [0.2, 0.25) is 0 Å². The molecular weight excluding hydrogens is 250 g/mol. The fraction of sp³-hybridized carbons (Fsp3) is 1.00. The molecule has 6 heteroatoms. The van der Waals surface area contributed by atoms with E-state index in [4.69, 9.17) is 4.74 Å². The third-order valence-corrected chi connectivity index (χ3v) is 3.91. The number of alkyl halides is 4. The zero-order valence-corrected chi connectivity index (χ0v) is 10.2. The molecule has 1 atom stereocenters. The van der Waals surface area contributed by atoms with E-state index >= 15 is 0 Å². The van der Waals surface area contributed by atoms with Gasteiger partial charge >= 0.3 is 12.3 Å². The van der Waals surface area contributed by atoms with Crippen molar-refractivity contribution in [3.63, 3.8) is 0 Å². The first-order valence-electron chi connectivity index (χ1n) is 6.48. The third-order valence-electron chi connectivity index (χ3n) is 3.91. The molecule has 1 saturated heterocycles. The van der Waals surface area contributed by atoms with Gasteiger partial charge in [-0.05, 0) is 25.7 Å². The van der Waals surface area contributed by atoms with Crippen LogP contribution in [0.3, 0.4) is 0 Å². The maximum atomic E-state index is 12.7. The maximum absolute atomic E-state index is 12.7. The van der Waals surface area contributed by atoms with Crippen molar-refractivity contribution in [3.8, 4) is 0 Å². The highest BCUT2D eigenvalue weighted by Gasteiger charge is 2.43. The molecule has 2 nitrogen and oxygen atoms in total. The molecule has 18 heavy (non-hydrogen) atoms. The molecule has 1 unspecified atom stereocenters. The van der Waals surface area contributed by atoms with Crippen molar-refractivity contribution in [2.45, 2.75) is 62.6 Å². The molecule has 0 aromatic rings. The normalized spacial score (nSPS) is 27.5. The van der Waals surface area contributed by atoms with Crippen molar-refractivity contribution in [3.05, 3.63) is 0 Å². The Kier molecular flexibility index (Phi) is 4.16. The van der Waals surface area contributed by atoms with Crippen LogP contribution in [-0.2, 0) is 4.74 Å². The summed E-state index contributed by atoms with van der Waals surface area (Å²) in [6.07, 6.45) is 2.45. The second-order valence-corrected chi connectivity index (χ2v) is 5.36. The van der Waals surface area contributed by atoms with Gasteiger partial charge in [0.1, 0.15) is 0 Å². The minimum atomic E-state index is -3.95. The van der Waals surface area contributed by atoms with Crippen LogP contribution in [0, 0.1) is 0 Å². The monoisotopic (exact) mass is 269 g/mol. The molecule has 1 aliphatic heterocycles. The molecule has 0 bridgehead atoms. The fourth-order valence-corrected chi connectivity index (χ4v) is 2.90. The zero-order valence-electron chi connectivity index (χ0n) is 10.2. The zero-order chi connectivity index (χ0) is 13.2. The predicted octanol–water partition coefficient (Wildman–Crippen LogP) is 2.97. The van der Waals surface area contributed by atoms with E-state index in [1.54, 1.807) is 0 Å². The van der Waals surface area contributed by atoms with Crippen molar-refractivity contribution in [1.29, 1.82) is 0 Å². The van der Waals surface area contributed by atoms with E-state index in [0.717, 1.165) is 38.5 Å². The summed E-state index contributed by atoms with van der Waals surface area (Å²) >= 11 is 0. The fourth-order valence-electron chi connectivity index (χ4n) is 2.90. The van der Waals surface area contributed by atoms with E-state index in [0.29, 0.717) is 0 Å². The van der Waals surface area contributed by atoms with Gasteiger partial charge in [-0.15, -0.1) is 0 Å². The standard InChI is InChI=1S/C12H19F4NO/c13-10(14)12(15,16)8-17-7-9-3-6-11(18-9)4-1-2-5-11/h9-10,17H,1-8H2. The lowest BCUT2D eigenvalue weighted by atomic mass is 9.98. The molecule has 0 amide bonds. The first-order chi connectivity index (χ1) is 8.44. The number of nitrogens with one attached hydrogen (secondary N) is 1. The van der Waals surface area contributed by atoms with Gasteiger partial charge in [-0.25, -0.2) is 8.78 Å². The SMILES string of the molecule is FC(F)C(F)(F)CNCC1CCC2(CCCC2)O1. The van der Waals surface area contributed by atoms with Gasteiger partial charge in [0.05, 0.1) is 18.2 Å². The van der Waals surface area contributed by atoms with Crippen molar-refractivity contribution >= 4 is 0 Å². The molecule has 2 fully saturated rings. The number of halogens is 4. The smallest absolute Gasteiger partial charge is 0.319 e. The predicted molar refractivity (Wildman–Crippen MR) is 59.1 cm³/mol. The lowest BCUT2D eigenvalue weighted by molar-refractivity contribution is -0.126. The number of hydrogen-bond donors (Lipinski definition) is 1. The van der Waals surface area contributed by atoms with Crippen LogP contribution in [0.15, 0.2) is 0 Å². The molecule has 1 saturated carbocycles. The summed E-state index contributed by atoms with van der Waals surface area (Å²) in [5.74, 6) is -3.95. The number of rotatable bonds is 5. The van der Waals surface area contributed by atoms with E-state index in [1.807, 2.05) is 0 Å². The summed E-state index contributed by atoms with van der Waals surface area (Å²) < 4.78 is 55.1. The minimum Gasteiger partial charge on any atom is -0.370 e. The Morgan fingerprint density at radius 1 is 1.22 bits per heavy atom. The molecule has 2 rings (SSSR count). The lowest BCUT2D eigenvalue weighted by Gasteiger charge is -2.24. The van der Waals surface area contributed by atoms with Crippen LogP contribution in [0.1, 0.15) is 38.5 Å². The summed E-state index contributed by atoms with van der Waals surface area (Å²) in [6.45, 7) is -0.762. The van der Waals surface area contributed by atoms with Crippen LogP contribution < -0.4 is 5.32 Å². The van der Waals surface area contributed by atoms with Gasteiger partial charge in [-0.2, -0.15) is 8.78 Å². The van der Waals surface area contributed by atoms with Crippen molar-refractivity contribution in [1.82, 2.24) is 5.32 Å². The summed E-state index contributed by atoms with van der Waals surface area (Å²) in [5.41, 5.74) is -0.0441. The lowest BCUT2D eigenvalue weighted by Crippen LogP contribution is -2.41. The Hall–Kier alpha value is -0.360. The summed E-state index contributed by atoms with van der Waals surface area (Å²) in [7, 11) is 0. The van der Waals surface area contributed by atoms with Crippen LogP contribution in [0.25, 0.3) is 0 Å². The third kappa shape index (κ3) is 3.15. The van der Waals surface area contributed by atoms with Gasteiger partial charge in [0, 0.05) is 6.54 Å². The Morgan fingerprint density at radius 3 is 2.50 bits per heavy atom. The second-order valence-electron chi connectivity index (χ2n) is 5.36. The Bertz CT molecular complexity index is 279. The van der Waals surface area contributed by atoms with Crippen LogP contribution in [-0.4, -0.2) is 37.1 Å². The molecule has 1 N–H and O–H groups in total. The van der Waals surface area contributed by atoms with Gasteiger partial charge in [0.25, 0.3) is 0 Å². The highest BCUT2D eigenvalue weighted by Crippen LogP contribution is 2.43. The Morgan fingerprint density at radius 2 is 1.89 bits per heavy atom.